The van der Waals surface area contributed by atoms with E-state index in [0.29, 0.717) is 17.1 Å². The normalized spacial score (nSPS) is 10.9. The number of fused-ring (bicyclic) bond motifs is 1. The van der Waals surface area contributed by atoms with Crippen molar-refractivity contribution >= 4 is 10.8 Å². The molecule has 0 saturated heterocycles. The Morgan fingerprint density at radius 3 is 2.38 bits per heavy atom. The summed E-state index contributed by atoms with van der Waals surface area (Å²) < 4.78 is 10.9. The second-order valence-electron chi connectivity index (χ2n) is 5.06. The van der Waals surface area contributed by atoms with E-state index in [1.807, 2.05) is 6.07 Å². The first kappa shape index (κ1) is 15.4. The molecular weight excluding hydrogens is 268 g/mol. The third-order valence-electron chi connectivity index (χ3n) is 3.70. The lowest BCUT2D eigenvalue weighted by atomic mass is 9.96. The number of rotatable bonds is 6. The third kappa shape index (κ3) is 2.90. The number of aliphatic hydroxyl groups excluding tert-OH is 1. The summed E-state index contributed by atoms with van der Waals surface area (Å²) >= 11 is 0. The number of phenolic OH excluding ortho intramolecular Hbond substituents is 1. The lowest BCUT2D eigenvalue weighted by Gasteiger charge is -2.17. The zero-order valence-corrected chi connectivity index (χ0v) is 12.8. The predicted octanol–water partition coefficient (Wildman–Crippen LogP) is 3.40. The first-order chi connectivity index (χ1) is 10.2. The zero-order chi connectivity index (χ0) is 15.4. The van der Waals surface area contributed by atoms with E-state index in [4.69, 9.17) is 9.47 Å². The smallest absolute Gasteiger partial charge is 0.164 e. The van der Waals surface area contributed by atoms with E-state index in [-0.39, 0.29) is 12.4 Å². The second-order valence-corrected chi connectivity index (χ2v) is 5.06. The minimum atomic E-state index is -0.106. The van der Waals surface area contributed by atoms with E-state index in [2.05, 4.69) is 6.92 Å². The molecule has 0 saturated carbocycles. The highest BCUT2D eigenvalue weighted by molar-refractivity contribution is 5.95. The van der Waals surface area contributed by atoms with Gasteiger partial charge in [-0.2, -0.15) is 0 Å². The maximum absolute atomic E-state index is 10.2. The molecule has 0 heterocycles. The molecule has 2 aromatic carbocycles. The summed E-state index contributed by atoms with van der Waals surface area (Å²) in [6.45, 7) is 2.02. The molecule has 0 atom stereocenters. The Hall–Kier alpha value is -1.94. The van der Waals surface area contributed by atoms with Gasteiger partial charge in [0, 0.05) is 10.9 Å². The lowest BCUT2D eigenvalue weighted by Crippen LogP contribution is -1.99. The van der Waals surface area contributed by atoms with Gasteiger partial charge in [0.25, 0.3) is 0 Å². The van der Waals surface area contributed by atoms with Gasteiger partial charge in [0.05, 0.1) is 20.8 Å². The molecule has 4 nitrogen and oxygen atoms in total. The molecule has 0 aliphatic carbocycles. The first-order valence-corrected chi connectivity index (χ1v) is 7.16. The number of hydrogen-bond donors (Lipinski definition) is 2. The quantitative estimate of drug-likeness (QED) is 0.856. The topological polar surface area (TPSA) is 58.9 Å². The molecule has 0 aliphatic rings. The fourth-order valence-electron chi connectivity index (χ4n) is 2.63. The van der Waals surface area contributed by atoms with E-state index >= 15 is 0 Å². The van der Waals surface area contributed by atoms with Gasteiger partial charge in [-0.25, -0.2) is 0 Å². The summed E-state index contributed by atoms with van der Waals surface area (Å²) in [5.74, 6) is 1.46. The SMILES string of the molecule is CCCCc1c(OC)c(OC)cc2c(O)cc(CO)cc12. The maximum Gasteiger partial charge on any atom is 0.164 e. The Kier molecular flexibility index (Phi) is 4.91. The minimum Gasteiger partial charge on any atom is -0.507 e. The summed E-state index contributed by atoms with van der Waals surface area (Å²) in [4.78, 5) is 0. The van der Waals surface area contributed by atoms with Gasteiger partial charge in [0.15, 0.2) is 11.5 Å². The molecule has 2 N–H and O–H groups in total. The molecule has 0 unspecified atom stereocenters. The van der Waals surface area contributed by atoms with Crippen molar-refractivity contribution in [1.29, 1.82) is 0 Å². The molecular formula is C17H22O4. The highest BCUT2D eigenvalue weighted by Gasteiger charge is 2.17. The Bertz CT molecular complexity index is 634. The van der Waals surface area contributed by atoms with Crippen molar-refractivity contribution in [1.82, 2.24) is 0 Å². The Labute approximate surface area is 124 Å². The molecule has 0 fully saturated rings. The number of aryl methyl sites for hydroxylation is 1. The van der Waals surface area contributed by atoms with E-state index in [1.54, 1.807) is 26.4 Å². The van der Waals surface area contributed by atoms with Crippen molar-refractivity contribution < 1.29 is 19.7 Å². The van der Waals surface area contributed by atoms with E-state index < -0.39 is 0 Å². The molecule has 0 aromatic heterocycles. The molecule has 21 heavy (non-hydrogen) atoms. The van der Waals surface area contributed by atoms with Crippen LogP contribution in [0.2, 0.25) is 0 Å². The van der Waals surface area contributed by atoms with E-state index in [0.717, 1.165) is 35.6 Å². The maximum atomic E-state index is 10.2. The molecule has 0 spiro atoms. The predicted molar refractivity (Wildman–Crippen MR) is 83.3 cm³/mol. The number of phenols is 1. The van der Waals surface area contributed by atoms with Gasteiger partial charge in [0.1, 0.15) is 5.75 Å². The van der Waals surface area contributed by atoms with Crippen LogP contribution in [0.15, 0.2) is 18.2 Å². The van der Waals surface area contributed by atoms with Crippen LogP contribution in [0.3, 0.4) is 0 Å². The number of ether oxygens (including phenoxy) is 2. The number of hydrogen-bond acceptors (Lipinski definition) is 4. The van der Waals surface area contributed by atoms with Crippen LogP contribution in [0.25, 0.3) is 10.8 Å². The minimum absolute atomic E-state index is 0.106. The average Bonchev–Trinajstić information content (AvgIpc) is 2.51. The van der Waals surface area contributed by atoms with Gasteiger partial charge in [-0.1, -0.05) is 13.3 Å². The molecule has 114 valence electrons. The van der Waals surface area contributed by atoms with E-state index in [1.165, 1.54) is 0 Å². The summed E-state index contributed by atoms with van der Waals surface area (Å²) in [7, 11) is 3.21. The van der Waals surface area contributed by atoms with Crippen molar-refractivity contribution in [2.24, 2.45) is 0 Å². The molecule has 0 radical (unpaired) electrons. The van der Waals surface area contributed by atoms with Gasteiger partial charge in [-0.3, -0.25) is 0 Å². The van der Waals surface area contributed by atoms with Gasteiger partial charge in [-0.15, -0.1) is 0 Å². The van der Waals surface area contributed by atoms with E-state index in [9.17, 15) is 10.2 Å². The fourth-order valence-corrected chi connectivity index (χ4v) is 2.63. The number of aromatic hydroxyl groups is 1. The number of aliphatic hydroxyl groups is 1. The second kappa shape index (κ2) is 6.68. The van der Waals surface area contributed by atoms with Crippen molar-refractivity contribution in [2.75, 3.05) is 14.2 Å². The van der Waals surface area contributed by atoms with Crippen LogP contribution in [-0.2, 0) is 13.0 Å². The van der Waals surface area contributed by atoms with Gasteiger partial charge >= 0.3 is 0 Å². The fraction of sp³-hybridized carbons (Fsp3) is 0.412. The van der Waals surface area contributed by atoms with Crippen LogP contribution in [0, 0.1) is 0 Å². The Morgan fingerprint density at radius 1 is 1.05 bits per heavy atom. The van der Waals surface area contributed by atoms with Gasteiger partial charge in [0.2, 0.25) is 0 Å². The monoisotopic (exact) mass is 290 g/mol. The molecule has 2 aromatic rings. The van der Waals surface area contributed by atoms with Crippen LogP contribution in [-0.4, -0.2) is 24.4 Å². The molecule has 0 bridgehead atoms. The average molecular weight is 290 g/mol. The van der Waals surface area contributed by atoms with Crippen molar-refractivity contribution in [2.45, 2.75) is 32.8 Å². The summed E-state index contributed by atoms with van der Waals surface area (Å²) in [6, 6.07) is 5.26. The zero-order valence-electron chi connectivity index (χ0n) is 12.8. The van der Waals surface area contributed by atoms with Crippen LogP contribution in [0.5, 0.6) is 17.2 Å². The summed E-state index contributed by atoms with van der Waals surface area (Å²) in [6.07, 6.45) is 2.91. The van der Waals surface area contributed by atoms with Crippen LogP contribution in [0.4, 0.5) is 0 Å². The standard InChI is InChI=1S/C17H22O4/c1-4-5-6-12-13-7-11(10-18)8-15(19)14(13)9-16(20-2)17(12)21-3/h7-9,18-19H,4-6,10H2,1-3H3. The van der Waals surface area contributed by atoms with Crippen molar-refractivity contribution in [3.8, 4) is 17.2 Å². The van der Waals surface area contributed by atoms with Gasteiger partial charge in [-0.05, 0) is 42.0 Å². The highest BCUT2D eigenvalue weighted by atomic mass is 16.5. The Morgan fingerprint density at radius 2 is 1.81 bits per heavy atom. The molecule has 4 heteroatoms. The van der Waals surface area contributed by atoms with Gasteiger partial charge < -0.3 is 19.7 Å². The van der Waals surface area contributed by atoms with Crippen molar-refractivity contribution in [3.05, 3.63) is 29.3 Å². The molecule has 2 rings (SSSR count). The lowest BCUT2D eigenvalue weighted by molar-refractivity contribution is 0.281. The number of unbranched alkanes of at least 4 members (excludes halogenated alkanes) is 1. The summed E-state index contributed by atoms with van der Waals surface area (Å²) in [5.41, 5.74) is 1.70. The summed E-state index contributed by atoms with van der Waals surface area (Å²) in [5, 5.41) is 21.2. The largest absolute Gasteiger partial charge is 0.507 e. The van der Waals surface area contributed by atoms with Crippen LogP contribution >= 0.6 is 0 Å². The highest BCUT2D eigenvalue weighted by Crippen LogP contribution is 2.41. The van der Waals surface area contributed by atoms with Crippen LogP contribution < -0.4 is 9.47 Å². The molecule has 0 amide bonds. The van der Waals surface area contributed by atoms with Crippen LogP contribution in [0.1, 0.15) is 30.9 Å². The number of methoxy groups -OCH3 is 2. The Balaban J connectivity index is 2.78. The molecule has 0 aliphatic heterocycles. The van der Waals surface area contributed by atoms with Crippen molar-refractivity contribution in [3.63, 3.8) is 0 Å². The third-order valence-corrected chi connectivity index (χ3v) is 3.70. The first-order valence-electron chi connectivity index (χ1n) is 7.16. The number of benzene rings is 2.